The number of benzene rings is 1. The fourth-order valence-corrected chi connectivity index (χ4v) is 3.14. The Morgan fingerprint density at radius 3 is 2.71 bits per heavy atom. The Bertz CT molecular complexity index is 603. The third-order valence-corrected chi connectivity index (χ3v) is 4.53. The van der Waals surface area contributed by atoms with Gasteiger partial charge in [0.15, 0.2) is 0 Å². The van der Waals surface area contributed by atoms with Crippen molar-refractivity contribution < 1.29 is 13.5 Å². The van der Waals surface area contributed by atoms with Gasteiger partial charge in [0.1, 0.15) is 5.84 Å². The minimum Gasteiger partial charge on any atom is -0.394 e. The van der Waals surface area contributed by atoms with Crippen molar-refractivity contribution in [1.82, 2.24) is 4.72 Å². The molecule has 1 aromatic carbocycles. The highest BCUT2D eigenvalue weighted by Gasteiger charge is 2.44. The molecule has 90 valence electrons. The summed E-state index contributed by atoms with van der Waals surface area (Å²) >= 11 is 0. The Labute approximate surface area is 99.2 Å². The normalized spacial score (nSPS) is 25.4. The third-order valence-electron chi connectivity index (χ3n) is 3.13. The van der Waals surface area contributed by atoms with Crippen molar-refractivity contribution in [3.05, 3.63) is 29.8 Å². The van der Waals surface area contributed by atoms with Crippen LogP contribution in [0.1, 0.15) is 18.4 Å². The number of nitrogens with zero attached hydrogens (tertiary/aromatic N) is 1. The van der Waals surface area contributed by atoms with Gasteiger partial charge < -0.3 is 5.11 Å². The number of aliphatic hydroxyl groups excluding tert-OH is 1. The van der Waals surface area contributed by atoms with Crippen molar-refractivity contribution in [2.24, 2.45) is 4.99 Å². The lowest BCUT2D eigenvalue weighted by Crippen LogP contribution is -2.25. The van der Waals surface area contributed by atoms with E-state index < -0.39 is 15.6 Å². The van der Waals surface area contributed by atoms with Crippen molar-refractivity contribution in [1.29, 1.82) is 0 Å². The van der Waals surface area contributed by atoms with E-state index in [0.29, 0.717) is 11.4 Å². The SMILES string of the molecule is O=S1(=O)NC(=NC2(CO)CC2)c2ccccc21. The second-order valence-corrected chi connectivity index (χ2v) is 6.10. The number of hydrogen-bond acceptors (Lipinski definition) is 4. The lowest BCUT2D eigenvalue weighted by Gasteiger charge is -2.06. The molecular weight excluding hydrogens is 240 g/mol. The van der Waals surface area contributed by atoms with Crippen molar-refractivity contribution in [3.8, 4) is 0 Å². The molecule has 0 amide bonds. The van der Waals surface area contributed by atoms with Gasteiger partial charge in [-0.05, 0) is 25.0 Å². The van der Waals surface area contributed by atoms with Crippen LogP contribution in [-0.2, 0) is 10.0 Å². The van der Waals surface area contributed by atoms with Gasteiger partial charge in [-0.2, -0.15) is 0 Å². The van der Waals surface area contributed by atoms with Crippen LogP contribution in [0.2, 0.25) is 0 Å². The number of nitrogens with one attached hydrogen (secondary N) is 1. The monoisotopic (exact) mass is 252 g/mol. The molecule has 6 heteroatoms. The minimum absolute atomic E-state index is 0.0413. The molecule has 0 bridgehead atoms. The van der Waals surface area contributed by atoms with Gasteiger partial charge in [0.05, 0.1) is 17.0 Å². The molecule has 1 fully saturated rings. The van der Waals surface area contributed by atoms with E-state index in [-0.39, 0.29) is 11.5 Å². The van der Waals surface area contributed by atoms with E-state index in [4.69, 9.17) is 0 Å². The summed E-state index contributed by atoms with van der Waals surface area (Å²) in [6.45, 7) is -0.0413. The van der Waals surface area contributed by atoms with Crippen LogP contribution in [-0.4, -0.2) is 31.5 Å². The third kappa shape index (κ3) is 1.64. The topological polar surface area (TPSA) is 78.8 Å². The number of fused-ring (bicyclic) bond motifs is 1. The van der Waals surface area contributed by atoms with Gasteiger partial charge >= 0.3 is 0 Å². The first-order valence-electron chi connectivity index (χ1n) is 5.39. The van der Waals surface area contributed by atoms with Gasteiger partial charge in [-0.25, -0.2) is 8.42 Å². The predicted molar refractivity (Wildman–Crippen MR) is 62.4 cm³/mol. The summed E-state index contributed by atoms with van der Waals surface area (Å²) in [5.74, 6) is 0.354. The Kier molecular flexibility index (Phi) is 2.08. The van der Waals surface area contributed by atoms with Gasteiger partial charge in [-0.1, -0.05) is 12.1 Å². The summed E-state index contributed by atoms with van der Waals surface area (Å²) in [7, 11) is -3.47. The molecule has 0 radical (unpaired) electrons. The number of rotatable bonds is 2. The molecule has 1 aromatic rings. The van der Waals surface area contributed by atoms with Crippen LogP contribution in [0.3, 0.4) is 0 Å². The van der Waals surface area contributed by atoms with E-state index in [1.54, 1.807) is 24.3 Å². The highest BCUT2D eigenvalue weighted by atomic mass is 32.2. The van der Waals surface area contributed by atoms with Gasteiger partial charge in [0, 0.05) is 5.56 Å². The molecule has 1 aliphatic carbocycles. The molecule has 1 aliphatic heterocycles. The van der Waals surface area contributed by atoms with Crippen molar-refractivity contribution in [2.75, 3.05) is 6.61 Å². The van der Waals surface area contributed by atoms with Crippen molar-refractivity contribution >= 4 is 15.9 Å². The first-order chi connectivity index (χ1) is 8.06. The molecule has 17 heavy (non-hydrogen) atoms. The largest absolute Gasteiger partial charge is 0.394 e. The Hall–Kier alpha value is -1.40. The zero-order valence-corrected chi connectivity index (χ0v) is 9.87. The molecular formula is C11H12N2O3S. The van der Waals surface area contributed by atoms with E-state index in [9.17, 15) is 13.5 Å². The van der Waals surface area contributed by atoms with E-state index in [2.05, 4.69) is 9.71 Å². The van der Waals surface area contributed by atoms with Gasteiger partial charge in [-0.3, -0.25) is 9.71 Å². The fourth-order valence-electron chi connectivity index (χ4n) is 1.90. The number of aliphatic hydroxyl groups is 1. The summed E-state index contributed by atoms with van der Waals surface area (Å²) in [5, 5.41) is 9.21. The van der Waals surface area contributed by atoms with Crippen molar-refractivity contribution in [2.45, 2.75) is 23.3 Å². The van der Waals surface area contributed by atoms with Crippen LogP contribution < -0.4 is 4.72 Å². The first-order valence-corrected chi connectivity index (χ1v) is 6.88. The molecule has 0 saturated heterocycles. The highest BCUT2D eigenvalue weighted by molar-refractivity contribution is 7.90. The maximum atomic E-state index is 11.8. The number of amidine groups is 1. The average Bonchev–Trinajstić information content (AvgIpc) is 3.03. The highest BCUT2D eigenvalue weighted by Crippen LogP contribution is 2.40. The van der Waals surface area contributed by atoms with Gasteiger partial charge in [0.2, 0.25) is 0 Å². The average molecular weight is 252 g/mol. The molecule has 5 nitrogen and oxygen atoms in total. The summed E-state index contributed by atoms with van der Waals surface area (Å²) in [6.07, 6.45) is 1.60. The van der Waals surface area contributed by atoms with Crippen LogP contribution in [0.5, 0.6) is 0 Å². The summed E-state index contributed by atoms with van der Waals surface area (Å²) in [6, 6.07) is 6.73. The predicted octanol–water partition coefficient (Wildman–Crippen LogP) is 0.250. The smallest absolute Gasteiger partial charge is 0.263 e. The maximum absolute atomic E-state index is 11.8. The van der Waals surface area contributed by atoms with Gasteiger partial charge in [0.25, 0.3) is 10.0 Å². The van der Waals surface area contributed by atoms with E-state index in [1.807, 2.05) is 0 Å². The molecule has 2 N–H and O–H groups in total. The molecule has 0 spiro atoms. The Morgan fingerprint density at radius 2 is 2.06 bits per heavy atom. The lowest BCUT2D eigenvalue weighted by atomic mass is 10.2. The summed E-state index contributed by atoms with van der Waals surface area (Å²) < 4.78 is 26.0. The quantitative estimate of drug-likeness (QED) is 0.792. The number of hydrogen-bond donors (Lipinski definition) is 2. The zero-order valence-electron chi connectivity index (χ0n) is 9.05. The second kappa shape index (κ2) is 3.30. The molecule has 1 heterocycles. The van der Waals surface area contributed by atoms with Crippen LogP contribution in [0.15, 0.2) is 34.2 Å². The fraction of sp³-hybridized carbons (Fsp3) is 0.364. The summed E-state index contributed by atoms with van der Waals surface area (Å²) in [5.41, 5.74) is 0.127. The zero-order chi connectivity index (χ0) is 12.1. The number of sulfonamides is 1. The van der Waals surface area contributed by atoms with Crippen LogP contribution >= 0.6 is 0 Å². The van der Waals surface area contributed by atoms with Crippen LogP contribution in [0.25, 0.3) is 0 Å². The Balaban J connectivity index is 2.12. The van der Waals surface area contributed by atoms with Crippen molar-refractivity contribution in [3.63, 3.8) is 0 Å². The molecule has 0 unspecified atom stereocenters. The number of aliphatic imine (C=N–C) groups is 1. The molecule has 1 saturated carbocycles. The van der Waals surface area contributed by atoms with E-state index >= 15 is 0 Å². The maximum Gasteiger partial charge on any atom is 0.263 e. The molecule has 2 aliphatic rings. The second-order valence-electron chi connectivity index (χ2n) is 4.44. The van der Waals surface area contributed by atoms with Gasteiger partial charge in [-0.15, -0.1) is 0 Å². The lowest BCUT2D eigenvalue weighted by molar-refractivity contribution is 0.257. The minimum atomic E-state index is -3.47. The van der Waals surface area contributed by atoms with Crippen LogP contribution in [0.4, 0.5) is 0 Å². The first kappa shape index (κ1) is 10.7. The Morgan fingerprint density at radius 1 is 1.35 bits per heavy atom. The van der Waals surface area contributed by atoms with E-state index in [0.717, 1.165) is 12.8 Å². The molecule has 0 aromatic heterocycles. The molecule has 3 rings (SSSR count). The summed E-state index contributed by atoms with van der Waals surface area (Å²) in [4.78, 5) is 4.61. The molecule has 0 atom stereocenters. The van der Waals surface area contributed by atoms with E-state index in [1.165, 1.54) is 0 Å². The van der Waals surface area contributed by atoms with Crippen LogP contribution in [0, 0.1) is 0 Å². The standard InChI is InChI=1S/C11H12N2O3S/c14-7-11(5-6-11)12-10-8-3-1-2-4-9(8)17(15,16)13-10/h1-4,14H,5-7H2,(H,12,13).